The van der Waals surface area contributed by atoms with Gasteiger partial charge in [0, 0.05) is 24.9 Å². The summed E-state index contributed by atoms with van der Waals surface area (Å²) >= 11 is 0. The Morgan fingerprint density at radius 3 is 2.67 bits per heavy atom. The molecule has 0 atom stereocenters. The fraction of sp³-hybridized carbons (Fsp3) is 0.375. The number of benzene rings is 1. The number of imidazole rings is 1. The maximum Gasteiger partial charge on any atom is 0.332 e. The molecule has 1 aromatic heterocycles. The van der Waals surface area contributed by atoms with Crippen LogP contribution in [0.1, 0.15) is 38.3 Å². The highest BCUT2D eigenvalue weighted by Crippen LogP contribution is 2.12. The van der Waals surface area contributed by atoms with E-state index in [0.29, 0.717) is 12.8 Å². The van der Waals surface area contributed by atoms with Crippen molar-refractivity contribution in [2.75, 3.05) is 0 Å². The molecule has 0 saturated heterocycles. The van der Waals surface area contributed by atoms with Gasteiger partial charge in [0.2, 0.25) is 0 Å². The highest BCUT2D eigenvalue weighted by atomic mass is 16.4. The van der Waals surface area contributed by atoms with Crippen LogP contribution < -0.4 is 5.69 Å². The SMILES string of the molecule is CC(C)n1ccn(-c2cccc(CCCC(=O)O)c2)c1=O. The van der Waals surface area contributed by atoms with E-state index >= 15 is 0 Å². The summed E-state index contributed by atoms with van der Waals surface area (Å²) in [6.07, 6.45) is 5.00. The van der Waals surface area contributed by atoms with Crippen molar-refractivity contribution < 1.29 is 9.90 Å². The zero-order valence-electron chi connectivity index (χ0n) is 12.3. The monoisotopic (exact) mass is 288 g/mol. The minimum absolute atomic E-state index is 0.0623. The third-order valence-corrected chi connectivity index (χ3v) is 3.40. The lowest BCUT2D eigenvalue weighted by atomic mass is 10.1. The van der Waals surface area contributed by atoms with Crippen molar-refractivity contribution in [1.82, 2.24) is 9.13 Å². The van der Waals surface area contributed by atoms with E-state index in [9.17, 15) is 9.59 Å². The molecule has 0 unspecified atom stereocenters. The van der Waals surface area contributed by atoms with Gasteiger partial charge < -0.3 is 5.11 Å². The molecule has 0 saturated carbocycles. The fourth-order valence-electron chi connectivity index (χ4n) is 2.29. The van der Waals surface area contributed by atoms with Gasteiger partial charge in [-0.2, -0.15) is 0 Å². The van der Waals surface area contributed by atoms with Crippen molar-refractivity contribution in [3.05, 3.63) is 52.7 Å². The van der Waals surface area contributed by atoms with Gasteiger partial charge in [-0.1, -0.05) is 12.1 Å². The summed E-state index contributed by atoms with van der Waals surface area (Å²) in [6, 6.07) is 7.79. The van der Waals surface area contributed by atoms with E-state index in [0.717, 1.165) is 11.3 Å². The molecule has 0 bridgehead atoms. The zero-order chi connectivity index (χ0) is 15.4. The summed E-state index contributed by atoms with van der Waals surface area (Å²) in [4.78, 5) is 22.8. The van der Waals surface area contributed by atoms with Crippen LogP contribution in [-0.4, -0.2) is 20.2 Å². The normalized spacial score (nSPS) is 11.0. The van der Waals surface area contributed by atoms with Gasteiger partial charge in [0.25, 0.3) is 0 Å². The molecular weight excluding hydrogens is 268 g/mol. The average molecular weight is 288 g/mol. The van der Waals surface area contributed by atoms with Crippen molar-refractivity contribution in [3.63, 3.8) is 0 Å². The molecule has 5 nitrogen and oxygen atoms in total. The molecule has 21 heavy (non-hydrogen) atoms. The lowest BCUT2D eigenvalue weighted by molar-refractivity contribution is -0.137. The van der Waals surface area contributed by atoms with E-state index in [4.69, 9.17) is 5.11 Å². The molecule has 0 fully saturated rings. The Balaban J connectivity index is 2.21. The highest BCUT2D eigenvalue weighted by Gasteiger charge is 2.08. The molecular formula is C16H20N2O3. The molecule has 1 heterocycles. The number of rotatable bonds is 6. The van der Waals surface area contributed by atoms with E-state index in [-0.39, 0.29) is 18.2 Å². The Hall–Kier alpha value is -2.30. The first-order chi connectivity index (χ1) is 9.99. The second-order valence-corrected chi connectivity index (χ2v) is 5.37. The van der Waals surface area contributed by atoms with Crippen LogP contribution >= 0.6 is 0 Å². The minimum atomic E-state index is -0.781. The lowest BCUT2D eigenvalue weighted by Crippen LogP contribution is -2.24. The molecule has 1 N–H and O–H groups in total. The van der Waals surface area contributed by atoms with Crippen LogP contribution in [-0.2, 0) is 11.2 Å². The Labute approximate surface area is 123 Å². The number of hydrogen-bond donors (Lipinski definition) is 1. The fourth-order valence-corrected chi connectivity index (χ4v) is 2.29. The van der Waals surface area contributed by atoms with Gasteiger partial charge in [-0.05, 0) is 44.4 Å². The Bertz CT molecular complexity index is 683. The highest BCUT2D eigenvalue weighted by molar-refractivity contribution is 5.66. The molecule has 112 valence electrons. The van der Waals surface area contributed by atoms with Crippen LogP contribution in [0.2, 0.25) is 0 Å². The lowest BCUT2D eigenvalue weighted by Gasteiger charge is -2.07. The predicted molar refractivity (Wildman–Crippen MR) is 81.0 cm³/mol. The summed E-state index contributed by atoms with van der Waals surface area (Å²) in [7, 11) is 0. The summed E-state index contributed by atoms with van der Waals surface area (Å²) in [5.74, 6) is -0.781. The maximum atomic E-state index is 12.3. The van der Waals surface area contributed by atoms with Crippen molar-refractivity contribution in [2.24, 2.45) is 0 Å². The summed E-state index contributed by atoms with van der Waals surface area (Å²) in [6.45, 7) is 3.93. The number of aryl methyl sites for hydroxylation is 1. The molecule has 0 spiro atoms. The van der Waals surface area contributed by atoms with E-state index in [1.807, 2.05) is 38.1 Å². The maximum absolute atomic E-state index is 12.3. The number of carboxylic acid groups (broad SMARTS) is 1. The second kappa shape index (κ2) is 6.43. The van der Waals surface area contributed by atoms with Crippen LogP contribution in [0.4, 0.5) is 0 Å². The van der Waals surface area contributed by atoms with Crippen molar-refractivity contribution >= 4 is 5.97 Å². The zero-order valence-corrected chi connectivity index (χ0v) is 12.3. The number of aliphatic carboxylic acids is 1. The third-order valence-electron chi connectivity index (χ3n) is 3.40. The summed E-state index contributed by atoms with van der Waals surface area (Å²) in [5, 5.41) is 8.67. The topological polar surface area (TPSA) is 64.2 Å². The van der Waals surface area contributed by atoms with Crippen molar-refractivity contribution in [2.45, 2.75) is 39.2 Å². The van der Waals surface area contributed by atoms with Gasteiger partial charge in [-0.25, -0.2) is 4.79 Å². The molecule has 2 rings (SSSR count). The van der Waals surface area contributed by atoms with E-state index < -0.39 is 5.97 Å². The number of hydrogen-bond acceptors (Lipinski definition) is 2. The molecule has 0 amide bonds. The summed E-state index contributed by atoms with van der Waals surface area (Å²) < 4.78 is 3.29. The van der Waals surface area contributed by atoms with Crippen LogP contribution in [0, 0.1) is 0 Å². The minimum Gasteiger partial charge on any atom is -0.481 e. The smallest absolute Gasteiger partial charge is 0.332 e. The molecule has 0 aliphatic carbocycles. The number of carboxylic acids is 1. The Kier molecular flexibility index (Phi) is 4.62. The molecule has 2 aromatic rings. The van der Waals surface area contributed by atoms with Gasteiger partial charge in [0.1, 0.15) is 0 Å². The van der Waals surface area contributed by atoms with Crippen LogP contribution in [0.3, 0.4) is 0 Å². The van der Waals surface area contributed by atoms with Gasteiger partial charge in [0.05, 0.1) is 5.69 Å². The standard InChI is InChI=1S/C16H20N2O3/c1-12(2)17-9-10-18(16(17)21)14-7-3-5-13(11-14)6-4-8-15(19)20/h3,5,7,9-12H,4,6,8H2,1-2H3,(H,19,20). The van der Waals surface area contributed by atoms with Crippen LogP contribution in [0.15, 0.2) is 41.5 Å². The molecule has 5 heteroatoms. The largest absolute Gasteiger partial charge is 0.481 e. The van der Waals surface area contributed by atoms with Crippen LogP contribution in [0.25, 0.3) is 5.69 Å². The third kappa shape index (κ3) is 3.62. The second-order valence-electron chi connectivity index (χ2n) is 5.37. The van der Waals surface area contributed by atoms with Crippen molar-refractivity contribution in [3.8, 4) is 5.69 Å². The molecule has 0 aliphatic rings. The quantitative estimate of drug-likeness (QED) is 0.888. The predicted octanol–water partition coefficient (Wildman–Crippen LogP) is 2.63. The van der Waals surface area contributed by atoms with E-state index in [2.05, 4.69) is 0 Å². The molecule has 0 radical (unpaired) electrons. The molecule has 0 aliphatic heterocycles. The van der Waals surface area contributed by atoms with Crippen LogP contribution in [0.5, 0.6) is 0 Å². The van der Waals surface area contributed by atoms with Gasteiger partial charge in [-0.3, -0.25) is 13.9 Å². The van der Waals surface area contributed by atoms with E-state index in [1.165, 1.54) is 0 Å². The first kappa shape index (κ1) is 15.1. The first-order valence-electron chi connectivity index (χ1n) is 7.09. The number of carbonyl (C=O) groups is 1. The first-order valence-corrected chi connectivity index (χ1v) is 7.09. The van der Waals surface area contributed by atoms with E-state index in [1.54, 1.807) is 21.5 Å². The number of aromatic nitrogens is 2. The van der Waals surface area contributed by atoms with Gasteiger partial charge >= 0.3 is 11.7 Å². The Morgan fingerprint density at radius 2 is 2.05 bits per heavy atom. The number of nitrogens with zero attached hydrogens (tertiary/aromatic N) is 2. The summed E-state index contributed by atoms with van der Waals surface area (Å²) in [5.41, 5.74) is 1.79. The van der Waals surface area contributed by atoms with Gasteiger partial charge in [-0.15, -0.1) is 0 Å². The Morgan fingerprint density at radius 1 is 1.29 bits per heavy atom. The van der Waals surface area contributed by atoms with Crippen molar-refractivity contribution in [1.29, 1.82) is 0 Å². The molecule has 1 aromatic carbocycles. The average Bonchev–Trinajstić information content (AvgIpc) is 2.80. The van der Waals surface area contributed by atoms with Gasteiger partial charge in [0.15, 0.2) is 0 Å².